The molecule has 80 valence electrons. The average molecular weight is 238 g/mol. The quantitative estimate of drug-likeness (QED) is 0.864. The molecule has 1 atom stereocenters. The second-order valence-corrected chi connectivity index (χ2v) is 6.01. The molecule has 0 saturated carbocycles. The van der Waals surface area contributed by atoms with Crippen molar-refractivity contribution in [2.24, 2.45) is 0 Å². The third kappa shape index (κ3) is 2.48. The summed E-state index contributed by atoms with van der Waals surface area (Å²) in [4.78, 5) is 3.62. The van der Waals surface area contributed by atoms with Gasteiger partial charge in [0.15, 0.2) is 0 Å². The summed E-state index contributed by atoms with van der Waals surface area (Å²) in [7, 11) is 0. The molecule has 0 radical (unpaired) electrons. The van der Waals surface area contributed by atoms with Gasteiger partial charge < -0.3 is 5.11 Å². The molecule has 1 nitrogen and oxygen atoms in total. The molecule has 2 rings (SSSR count). The van der Waals surface area contributed by atoms with E-state index in [0.29, 0.717) is 0 Å². The van der Waals surface area contributed by atoms with Gasteiger partial charge in [0.1, 0.15) is 0 Å². The summed E-state index contributed by atoms with van der Waals surface area (Å²) in [5.41, 5.74) is 1.28. The lowest BCUT2D eigenvalue weighted by Gasteiger charge is -2.05. The summed E-state index contributed by atoms with van der Waals surface area (Å²) in [6.45, 7) is 4.19. The lowest BCUT2D eigenvalue weighted by molar-refractivity contribution is 0.183. The summed E-state index contributed by atoms with van der Waals surface area (Å²) in [6.07, 6.45) is 0.387. The van der Waals surface area contributed by atoms with Crippen LogP contribution in [0.25, 0.3) is 0 Å². The molecule has 0 aliphatic heterocycles. The molecule has 2 aromatic heterocycles. The van der Waals surface area contributed by atoms with Gasteiger partial charge in [-0.15, -0.1) is 22.7 Å². The Morgan fingerprint density at radius 2 is 2.20 bits per heavy atom. The van der Waals surface area contributed by atoms with Crippen LogP contribution in [0.15, 0.2) is 23.6 Å². The molecular formula is C12H14OS2. The molecule has 1 N–H and O–H groups in total. The van der Waals surface area contributed by atoms with Crippen molar-refractivity contribution in [3.63, 3.8) is 0 Å². The highest BCUT2D eigenvalue weighted by Crippen LogP contribution is 2.29. The maximum absolute atomic E-state index is 10.0. The first-order valence-electron chi connectivity index (χ1n) is 4.94. The van der Waals surface area contributed by atoms with E-state index in [4.69, 9.17) is 0 Å². The fourth-order valence-corrected chi connectivity index (χ4v) is 3.26. The molecule has 0 saturated heterocycles. The second kappa shape index (κ2) is 4.47. The summed E-state index contributed by atoms with van der Waals surface area (Å²) >= 11 is 3.40. The highest BCUT2D eigenvalue weighted by Gasteiger charge is 2.12. The normalized spacial score (nSPS) is 13.0. The maximum atomic E-state index is 10.0. The van der Waals surface area contributed by atoms with E-state index < -0.39 is 0 Å². The number of rotatable bonds is 3. The molecule has 0 spiro atoms. The van der Waals surface area contributed by atoms with Crippen molar-refractivity contribution in [2.75, 3.05) is 0 Å². The lowest BCUT2D eigenvalue weighted by Crippen LogP contribution is -1.97. The first-order valence-corrected chi connectivity index (χ1v) is 6.64. The van der Waals surface area contributed by atoms with Crippen LogP contribution in [0.4, 0.5) is 0 Å². The molecule has 15 heavy (non-hydrogen) atoms. The predicted molar refractivity (Wildman–Crippen MR) is 66.8 cm³/mol. The van der Waals surface area contributed by atoms with Crippen LogP contribution in [0.3, 0.4) is 0 Å². The monoisotopic (exact) mass is 238 g/mol. The van der Waals surface area contributed by atoms with Crippen molar-refractivity contribution in [3.05, 3.63) is 43.8 Å². The van der Waals surface area contributed by atoms with E-state index in [1.807, 2.05) is 11.4 Å². The summed E-state index contributed by atoms with van der Waals surface area (Å²) in [5, 5.41) is 12.1. The van der Waals surface area contributed by atoms with Crippen molar-refractivity contribution in [2.45, 2.75) is 26.4 Å². The third-order valence-corrected chi connectivity index (χ3v) is 4.64. The summed E-state index contributed by atoms with van der Waals surface area (Å²) in [5.74, 6) is 0. The van der Waals surface area contributed by atoms with Crippen LogP contribution in [0.5, 0.6) is 0 Å². The van der Waals surface area contributed by atoms with Crippen LogP contribution < -0.4 is 0 Å². The van der Waals surface area contributed by atoms with E-state index in [2.05, 4.69) is 26.0 Å². The van der Waals surface area contributed by atoms with Gasteiger partial charge in [0, 0.05) is 21.1 Å². The van der Waals surface area contributed by atoms with Gasteiger partial charge in [0.05, 0.1) is 6.10 Å². The van der Waals surface area contributed by atoms with Gasteiger partial charge in [-0.25, -0.2) is 0 Å². The van der Waals surface area contributed by atoms with Gasteiger partial charge >= 0.3 is 0 Å². The zero-order chi connectivity index (χ0) is 10.8. The minimum Gasteiger partial charge on any atom is -0.387 e. The summed E-state index contributed by atoms with van der Waals surface area (Å²) in [6, 6.07) is 6.19. The Balaban J connectivity index is 2.11. The number of hydrogen-bond acceptors (Lipinski definition) is 3. The molecule has 2 heterocycles. The second-order valence-electron chi connectivity index (χ2n) is 3.69. The van der Waals surface area contributed by atoms with Gasteiger partial charge in [0.2, 0.25) is 0 Å². The highest BCUT2D eigenvalue weighted by molar-refractivity contribution is 7.12. The molecule has 0 amide bonds. The largest absolute Gasteiger partial charge is 0.387 e. The van der Waals surface area contributed by atoms with E-state index in [0.717, 1.165) is 11.3 Å². The van der Waals surface area contributed by atoms with Crippen LogP contribution in [0, 0.1) is 13.8 Å². The Bertz CT molecular complexity index is 409. The fourth-order valence-electron chi connectivity index (χ4n) is 1.49. The number of aliphatic hydroxyl groups is 1. The SMILES string of the molecule is Cc1cc(C(O)Cc2cccs2)sc1C. The molecular weight excluding hydrogens is 224 g/mol. The summed E-state index contributed by atoms with van der Waals surface area (Å²) < 4.78 is 0. The predicted octanol–water partition coefficient (Wildman–Crippen LogP) is 3.70. The Morgan fingerprint density at radius 3 is 2.73 bits per heavy atom. The van der Waals surface area contributed by atoms with Crippen molar-refractivity contribution in [1.82, 2.24) is 0 Å². The van der Waals surface area contributed by atoms with Crippen molar-refractivity contribution >= 4 is 22.7 Å². The van der Waals surface area contributed by atoms with E-state index in [9.17, 15) is 5.11 Å². The Kier molecular flexibility index (Phi) is 3.24. The van der Waals surface area contributed by atoms with Gasteiger partial charge in [-0.2, -0.15) is 0 Å². The molecule has 0 aliphatic carbocycles. The first-order chi connectivity index (χ1) is 7.16. The lowest BCUT2D eigenvalue weighted by atomic mass is 10.1. The van der Waals surface area contributed by atoms with Crippen LogP contribution in [0.2, 0.25) is 0 Å². The Labute approximate surface area is 98.0 Å². The first kappa shape index (κ1) is 10.9. The Morgan fingerprint density at radius 1 is 1.40 bits per heavy atom. The number of aliphatic hydroxyl groups excluding tert-OH is 1. The van der Waals surface area contributed by atoms with Crippen LogP contribution in [-0.4, -0.2) is 5.11 Å². The zero-order valence-corrected chi connectivity index (χ0v) is 10.5. The smallest absolute Gasteiger partial charge is 0.0930 e. The topological polar surface area (TPSA) is 20.2 Å². The van der Waals surface area contributed by atoms with E-state index in [1.165, 1.54) is 15.3 Å². The van der Waals surface area contributed by atoms with Crippen molar-refractivity contribution in [3.8, 4) is 0 Å². The minimum absolute atomic E-state index is 0.346. The Hall–Kier alpha value is -0.640. The molecule has 3 heteroatoms. The molecule has 1 unspecified atom stereocenters. The number of thiophene rings is 2. The van der Waals surface area contributed by atoms with E-state index >= 15 is 0 Å². The fraction of sp³-hybridized carbons (Fsp3) is 0.333. The molecule has 2 aromatic rings. The van der Waals surface area contributed by atoms with Crippen LogP contribution >= 0.6 is 22.7 Å². The van der Waals surface area contributed by atoms with Crippen molar-refractivity contribution in [1.29, 1.82) is 0 Å². The van der Waals surface area contributed by atoms with Gasteiger partial charge in [-0.1, -0.05) is 6.07 Å². The molecule has 0 bridgehead atoms. The minimum atomic E-state index is -0.346. The number of hydrogen-bond donors (Lipinski definition) is 1. The molecule has 0 fully saturated rings. The third-order valence-electron chi connectivity index (χ3n) is 2.49. The van der Waals surface area contributed by atoms with Crippen LogP contribution in [0.1, 0.15) is 26.3 Å². The average Bonchev–Trinajstić information content (AvgIpc) is 2.78. The standard InChI is InChI=1S/C12H14OS2/c1-8-6-12(15-9(8)2)11(13)7-10-4-3-5-14-10/h3-6,11,13H,7H2,1-2H3. The van der Waals surface area contributed by atoms with Crippen molar-refractivity contribution < 1.29 is 5.11 Å². The number of aryl methyl sites for hydroxylation is 2. The van der Waals surface area contributed by atoms with Crippen LogP contribution in [-0.2, 0) is 6.42 Å². The van der Waals surface area contributed by atoms with Gasteiger partial charge in [0.25, 0.3) is 0 Å². The molecule has 0 aliphatic rings. The zero-order valence-electron chi connectivity index (χ0n) is 8.86. The van der Waals surface area contributed by atoms with Gasteiger partial charge in [-0.3, -0.25) is 0 Å². The molecule has 0 aromatic carbocycles. The van der Waals surface area contributed by atoms with Gasteiger partial charge in [-0.05, 0) is 36.9 Å². The van der Waals surface area contributed by atoms with E-state index in [-0.39, 0.29) is 6.10 Å². The van der Waals surface area contributed by atoms with E-state index in [1.54, 1.807) is 22.7 Å². The maximum Gasteiger partial charge on any atom is 0.0930 e. The highest BCUT2D eigenvalue weighted by atomic mass is 32.1.